The Kier molecular flexibility index (Phi) is 3.30. The number of benzene rings is 1. The number of nitrogens with one attached hydrogen (secondary N) is 1. The van der Waals surface area contributed by atoms with Crippen LogP contribution in [0.4, 0.5) is 5.69 Å². The largest absolute Gasteiger partial charge is 0.378 e. The number of anilines is 1. The van der Waals surface area contributed by atoms with Gasteiger partial charge in [-0.3, -0.25) is 0 Å². The van der Waals surface area contributed by atoms with Crippen LogP contribution in [0.25, 0.3) is 0 Å². The van der Waals surface area contributed by atoms with Crippen LogP contribution in [0.15, 0.2) is 30.9 Å². The van der Waals surface area contributed by atoms with Gasteiger partial charge < -0.3 is 5.32 Å². The summed E-state index contributed by atoms with van der Waals surface area (Å²) < 4.78 is 0. The minimum absolute atomic E-state index is 0.170. The Hall–Kier alpha value is -1.75. The highest BCUT2D eigenvalue weighted by molar-refractivity contribution is 5.61. The van der Waals surface area contributed by atoms with Crippen molar-refractivity contribution in [2.75, 3.05) is 5.32 Å². The zero-order valence-electron chi connectivity index (χ0n) is 8.54. The quantitative estimate of drug-likeness (QED) is 0.737. The predicted molar refractivity (Wildman–Crippen MR) is 59.2 cm³/mol. The van der Waals surface area contributed by atoms with Crippen LogP contribution in [0.3, 0.4) is 0 Å². The summed E-state index contributed by atoms with van der Waals surface area (Å²) in [6.07, 6.45) is 1.81. The molecule has 72 valence electrons. The van der Waals surface area contributed by atoms with Gasteiger partial charge in [-0.1, -0.05) is 18.2 Å². The van der Waals surface area contributed by atoms with Gasteiger partial charge >= 0.3 is 0 Å². The van der Waals surface area contributed by atoms with Gasteiger partial charge in [-0.15, -0.1) is 6.58 Å². The number of hydrogen-bond acceptors (Lipinski definition) is 2. The molecule has 0 saturated heterocycles. The molecule has 0 aliphatic heterocycles. The van der Waals surface area contributed by atoms with E-state index >= 15 is 0 Å². The molecule has 2 heteroatoms. The molecule has 0 radical (unpaired) electrons. The van der Waals surface area contributed by atoms with E-state index in [1.165, 1.54) is 0 Å². The summed E-state index contributed by atoms with van der Waals surface area (Å²) in [6, 6.07) is 8.15. The fraction of sp³-hybridized carbons (Fsp3) is 0.250. The minimum atomic E-state index is 0.170. The van der Waals surface area contributed by atoms with Crippen molar-refractivity contribution in [2.45, 2.75) is 19.9 Å². The SMILES string of the molecule is C=CC(C)Nc1cccc(C)c1C#N. The molecular formula is C12H14N2. The first-order valence-electron chi connectivity index (χ1n) is 4.58. The van der Waals surface area contributed by atoms with Gasteiger partial charge in [-0.25, -0.2) is 0 Å². The zero-order valence-corrected chi connectivity index (χ0v) is 8.54. The molecule has 0 aromatic heterocycles. The van der Waals surface area contributed by atoms with E-state index in [0.717, 1.165) is 11.3 Å². The van der Waals surface area contributed by atoms with E-state index in [1.807, 2.05) is 38.1 Å². The van der Waals surface area contributed by atoms with E-state index in [0.29, 0.717) is 5.56 Å². The van der Waals surface area contributed by atoms with Gasteiger partial charge in [-0.05, 0) is 25.5 Å². The lowest BCUT2D eigenvalue weighted by Gasteiger charge is -2.13. The smallest absolute Gasteiger partial charge is 0.102 e. The molecular weight excluding hydrogens is 172 g/mol. The molecule has 0 amide bonds. The van der Waals surface area contributed by atoms with Gasteiger partial charge in [0.05, 0.1) is 11.3 Å². The number of hydrogen-bond donors (Lipinski definition) is 1. The molecule has 2 nitrogen and oxygen atoms in total. The monoisotopic (exact) mass is 186 g/mol. The van der Waals surface area contributed by atoms with Crippen molar-refractivity contribution < 1.29 is 0 Å². The van der Waals surface area contributed by atoms with Crippen molar-refractivity contribution in [3.63, 3.8) is 0 Å². The summed E-state index contributed by atoms with van der Waals surface area (Å²) in [5.41, 5.74) is 2.58. The first-order valence-corrected chi connectivity index (χ1v) is 4.58. The lowest BCUT2D eigenvalue weighted by Crippen LogP contribution is -2.12. The molecule has 1 unspecified atom stereocenters. The number of rotatable bonds is 3. The first kappa shape index (κ1) is 10.3. The van der Waals surface area contributed by atoms with Crippen molar-refractivity contribution in [3.8, 4) is 6.07 Å². The molecule has 1 atom stereocenters. The first-order chi connectivity index (χ1) is 6.69. The summed E-state index contributed by atoms with van der Waals surface area (Å²) in [6.45, 7) is 7.62. The van der Waals surface area contributed by atoms with Gasteiger partial charge in [0.1, 0.15) is 6.07 Å². The lowest BCUT2D eigenvalue weighted by atomic mass is 10.1. The maximum absolute atomic E-state index is 8.97. The average Bonchev–Trinajstić information content (AvgIpc) is 2.18. The van der Waals surface area contributed by atoms with Crippen molar-refractivity contribution in [1.29, 1.82) is 5.26 Å². The molecule has 1 rings (SSSR count). The summed E-state index contributed by atoms with van der Waals surface area (Å²) in [5.74, 6) is 0. The second-order valence-electron chi connectivity index (χ2n) is 3.28. The fourth-order valence-electron chi connectivity index (χ4n) is 1.24. The van der Waals surface area contributed by atoms with Gasteiger partial charge in [0, 0.05) is 6.04 Å². The van der Waals surface area contributed by atoms with Crippen molar-refractivity contribution in [1.82, 2.24) is 0 Å². The molecule has 14 heavy (non-hydrogen) atoms. The van der Waals surface area contributed by atoms with Gasteiger partial charge in [0.2, 0.25) is 0 Å². The van der Waals surface area contributed by atoms with Crippen molar-refractivity contribution >= 4 is 5.69 Å². The maximum atomic E-state index is 8.97. The van der Waals surface area contributed by atoms with Crippen LogP contribution in [0.1, 0.15) is 18.1 Å². The highest BCUT2D eigenvalue weighted by atomic mass is 14.9. The summed E-state index contributed by atoms with van der Waals surface area (Å²) >= 11 is 0. The van der Waals surface area contributed by atoms with Crippen LogP contribution in [-0.2, 0) is 0 Å². The third-order valence-electron chi connectivity index (χ3n) is 2.12. The Morgan fingerprint density at radius 2 is 2.29 bits per heavy atom. The second kappa shape index (κ2) is 4.48. The molecule has 0 aliphatic carbocycles. The Morgan fingerprint density at radius 1 is 1.57 bits per heavy atom. The molecule has 0 spiro atoms. The van der Waals surface area contributed by atoms with Crippen LogP contribution in [0.5, 0.6) is 0 Å². The van der Waals surface area contributed by atoms with E-state index in [2.05, 4.69) is 18.0 Å². The Labute approximate surface area is 84.9 Å². The molecule has 0 bridgehead atoms. The number of nitrogens with zero attached hydrogens (tertiary/aromatic N) is 1. The summed E-state index contributed by atoms with van der Waals surface area (Å²) in [5, 5.41) is 12.2. The van der Waals surface area contributed by atoms with Crippen LogP contribution in [0, 0.1) is 18.3 Å². The van der Waals surface area contributed by atoms with E-state index < -0.39 is 0 Å². The molecule has 1 N–H and O–H groups in total. The highest BCUT2D eigenvalue weighted by Crippen LogP contribution is 2.19. The van der Waals surface area contributed by atoms with E-state index in [1.54, 1.807) is 0 Å². The maximum Gasteiger partial charge on any atom is 0.102 e. The standard InChI is InChI=1S/C12H14N2/c1-4-10(3)14-12-7-5-6-9(2)11(12)8-13/h4-7,10,14H,1H2,2-3H3. The lowest BCUT2D eigenvalue weighted by molar-refractivity contribution is 0.999. The number of aryl methyl sites for hydroxylation is 1. The Bertz CT molecular complexity index is 374. The summed E-state index contributed by atoms with van der Waals surface area (Å²) in [7, 11) is 0. The molecule has 0 aliphatic rings. The average molecular weight is 186 g/mol. The third-order valence-corrected chi connectivity index (χ3v) is 2.12. The van der Waals surface area contributed by atoms with Crippen LogP contribution >= 0.6 is 0 Å². The van der Waals surface area contributed by atoms with Crippen molar-refractivity contribution in [2.24, 2.45) is 0 Å². The second-order valence-corrected chi connectivity index (χ2v) is 3.28. The highest BCUT2D eigenvalue weighted by Gasteiger charge is 2.05. The van der Waals surface area contributed by atoms with Crippen LogP contribution in [-0.4, -0.2) is 6.04 Å². The topological polar surface area (TPSA) is 35.8 Å². The third kappa shape index (κ3) is 2.14. The predicted octanol–water partition coefficient (Wildman–Crippen LogP) is 2.85. The minimum Gasteiger partial charge on any atom is -0.378 e. The van der Waals surface area contributed by atoms with E-state index in [4.69, 9.17) is 5.26 Å². The van der Waals surface area contributed by atoms with E-state index in [-0.39, 0.29) is 6.04 Å². The molecule has 1 aromatic rings. The summed E-state index contributed by atoms with van der Waals surface area (Å²) in [4.78, 5) is 0. The molecule has 1 aromatic carbocycles. The van der Waals surface area contributed by atoms with Crippen molar-refractivity contribution in [3.05, 3.63) is 42.0 Å². The molecule has 0 saturated carbocycles. The normalized spacial score (nSPS) is 11.5. The van der Waals surface area contributed by atoms with Gasteiger partial charge in [0.25, 0.3) is 0 Å². The number of nitriles is 1. The molecule has 0 heterocycles. The van der Waals surface area contributed by atoms with Gasteiger partial charge in [0.15, 0.2) is 0 Å². The fourth-order valence-corrected chi connectivity index (χ4v) is 1.24. The Morgan fingerprint density at radius 3 is 2.86 bits per heavy atom. The van der Waals surface area contributed by atoms with Crippen LogP contribution < -0.4 is 5.32 Å². The zero-order chi connectivity index (χ0) is 10.6. The van der Waals surface area contributed by atoms with Gasteiger partial charge in [-0.2, -0.15) is 5.26 Å². The van der Waals surface area contributed by atoms with Crippen LogP contribution in [0.2, 0.25) is 0 Å². The Balaban J connectivity index is 3.03. The molecule has 0 fully saturated rings. The van der Waals surface area contributed by atoms with E-state index in [9.17, 15) is 0 Å².